The van der Waals surface area contributed by atoms with Crippen LogP contribution >= 0.6 is 0 Å². The van der Waals surface area contributed by atoms with E-state index in [0.717, 1.165) is 56.4 Å². The minimum atomic E-state index is 0.802. The lowest BCUT2D eigenvalue weighted by Gasteiger charge is -2.19. The number of nitrogens with zero attached hydrogens (tertiary/aromatic N) is 2. The Bertz CT molecular complexity index is 740. The predicted octanol–water partition coefficient (Wildman–Crippen LogP) is 3.05. The third kappa shape index (κ3) is 2.53. The van der Waals surface area contributed by atoms with E-state index >= 15 is 0 Å². The van der Waals surface area contributed by atoms with Gasteiger partial charge in [0.25, 0.3) is 0 Å². The Morgan fingerprint density at radius 2 is 2.18 bits per heavy atom. The van der Waals surface area contributed by atoms with Gasteiger partial charge in [0.1, 0.15) is 11.4 Å². The summed E-state index contributed by atoms with van der Waals surface area (Å²) >= 11 is 0. The highest BCUT2D eigenvalue weighted by atomic mass is 16.5. The Balaban J connectivity index is 1.75. The lowest BCUT2D eigenvalue weighted by atomic mass is 10.1. The smallest absolute Gasteiger partial charge is 0.150 e. The highest BCUT2D eigenvalue weighted by Gasteiger charge is 2.19. The number of fused-ring (bicyclic) bond motifs is 1. The molecule has 5 nitrogen and oxygen atoms in total. The molecule has 1 aliphatic heterocycles. The van der Waals surface area contributed by atoms with Crippen molar-refractivity contribution in [1.82, 2.24) is 14.9 Å². The van der Waals surface area contributed by atoms with Crippen molar-refractivity contribution in [3.63, 3.8) is 0 Å². The molecule has 3 aromatic rings. The molecular weight excluding hydrogens is 278 g/mol. The highest BCUT2D eigenvalue weighted by molar-refractivity contribution is 5.87. The van der Waals surface area contributed by atoms with Gasteiger partial charge in [0.15, 0.2) is 0 Å². The zero-order valence-corrected chi connectivity index (χ0v) is 12.4. The molecule has 0 spiro atoms. The maximum absolute atomic E-state index is 5.60. The van der Waals surface area contributed by atoms with E-state index in [1.165, 1.54) is 10.9 Å². The fraction of sp³-hybridized carbons (Fsp3) is 0.353. The maximum Gasteiger partial charge on any atom is 0.150 e. The van der Waals surface area contributed by atoms with Crippen LogP contribution in [-0.2, 0) is 11.3 Å². The average Bonchev–Trinajstić information content (AvgIpc) is 3.11. The number of ether oxygens (including phenoxy) is 1. The number of H-pyrrole nitrogens is 1. The molecular formula is C17H19N3O2. The van der Waals surface area contributed by atoms with Crippen molar-refractivity contribution in [2.75, 3.05) is 26.3 Å². The fourth-order valence-corrected chi connectivity index (χ4v) is 3.05. The largest absolute Gasteiger partial charge is 0.463 e. The highest BCUT2D eigenvalue weighted by Crippen LogP contribution is 2.30. The minimum Gasteiger partial charge on any atom is -0.463 e. The molecule has 0 aliphatic carbocycles. The molecule has 1 N–H and O–H groups in total. The third-order valence-corrected chi connectivity index (χ3v) is 4.14. The Morgan fingerprint density at radius 3 is 3.09 bits per heavy atom. The number of hydrogen-bond donors (Lipinski definition) is 1. The van der Waals surface area contributed by atoms with Gasteiger partial charge >= 0.3 is 0 Å². The summed E-state index contributed by atoms with van der Waals surface area (Å²) in [5.74, 6) is 0.860. The molecule has 1 fully saturated rings. The number of aromatic amines is 1. The van der Waals surface area contributed by atoms with Crippen molar-refractivity contribution in [2.24, 2.45) is 0 Å². The summed E-state index contributed by atoms with van der Waals surface area (Å²) in [5, 5.41) is 1.17. The quantitative estimate of drug-likeness (QED) is 0.807. The summed E-state index contributed by atoms with van der Waals surface area (Å²) in [7, 11) is 0. The van der Waals surface area contributed by atoms with E-state index < -0.39 is 0 Å². The van der Waals surface area contributed by atoms with Crippen molar-refractivity contribution < 1.29 is 9.15 Å². The molecule has 0 bridgehead atoms. The van der Waals surface area contributed by atoms with Crippen LogP contribution in [0.15, 0.2) is 41.1 Å². The number of rotatable bonds is 3. The molecule has 0 saturated carbocycles. The summed E-state index contributed by atoms with van der Waals surface area (Å²) in [6.45, 7) is 4.56. The molecule has 4 rings (SSSR count). The summed E-state index contributed by atoms with van der Waals surface area (Å²) in [5.41, 5.74) is 3.19. The van der Waals surface area contributed by atoms with Gasteiger partial charge in [0, 0.05) is 43.4 Å². The van der Waals surface area contributed by atoms with Crippen molar-refractivity contribution in [3.05, 3.63) is 42.3 Å². The van der Waals surface area contributed by atoms with Crippen molar-refractivity contribution in [3.8, 4) is 11.5 Å². The van der Waals surface area contributed by atoms with Crippen LogP contribution in [0.2, 0.25) is 0 Å². The van der Waals surface area contributed by atoms with Gasteiger partial charge in [-0.1, -0.05) is 0 Å². The lowest BCUT2D eigenvalue weighted by molar-refractivity contribution is 0.140. The van der Waals surface area contributed by atoms with Gasteiger partial charge in [-0.25, -0.2) is 4.98 Å². The van der Waals surface area contributed by atoms with Gasteiger partial charge in [0.05, 0.1) is 18.6 Å². The first-order valence-electron chi connectivity index (χ1n) is 7.71. The lowest BCUT2D eigenvalue weighted by Crippen LogP contribution is -2.25. The SMILES string of the molecule is c1coc(-c2[nH]c3ncccc3c2CN2CCCOCC2)c1. The predicted molar refractivity (Wildman–Crippen MR) is 84.5 cm³/mol. The van der Waals surface area contributed by atoms with Gasteiger partial charge < -0.3 is 14.1 Å². The first-order chi connectivity index (χ1) is 10.9. The molecule has 22 heavy (non-hydrogen) atoms. The summed E-state index contributed by atoms with van der Waals surface area (Å²) < 4.78 is 11.2. The third-order valence-electron chi connectivity index (χ3n) is 4.14. The van der Waals surface area contributed by atoms with Crippen molar-refractivity contribution in [2.45, 2.75) is 13.0 Å². The zero-order valence-electron chi connectivity index (χ0n) is 12.4. The van der Waals surface area contributed by atoms with Crippen LogP contribution < -0.4 is 0 Å². The van der Waals surface area contributed by atoms with Crippen molar-refractivity contribution >= 4 is 11.0 Å². The van der Waals surface area contributed by atoms with Gasteiger partial charge in [-0.05, 0) is 30.7 Å². The Labute approximate surface area is 128 Å². The summed E-state index contributed by atoms with van der Waals surface area (Å²) in [6.07, 6.45) is 4.60. The summed E-state index contributed by atoms with van der Waals surface area (Å²) in [6, 6.07) is 8.00. The number of furan rings is 1. The molecule has 0 aromatic carbocycles. The second-order valence-corrected chi connectivity index (χ2v) is 5.60. The minimum absolute atomic E-state index is 0.802. The Morgan fingerprint density at radius 1 is 1.18 bits per heavy atom. The van der Waals surface area contributed by atoms with E-state index in [0.29, 0.717) is 0 Å². The maximum atomic E-state index is 5.60. The fourth-order valence-electron chi connectivity index (χ4n) is 3.05. The van der Waals surface area contributed by atoms with Gasteiger partial charge in [-0.2, -0.15) is 0 Å². The molecule has 5 heteroatoms. The van der Waals surface area contributed by atoms with E-state index in [9.17, 15) is 0 Å². The first kappa shape index (κ1) is 13.5. The molecule has 114 valence electrons. The molecule has 1 aliphatic rings. The zero-order chi connectivity index (χ0) is 14.8. The normalized spacial score (nSPS) is 16.9. The molecule has 0 amide bonds. The first-order valence-corrected chi connectivity index (χ1v) is 7.71. The van der Waals surface area contributed by atoms with Gasteiger partial charge in [-0.3, -0.25) is 4.90 Å². The van der Waals surface area contributed by atoms with Crippen LogP contribution in [0, 0.1) is 0 Å². The molecule has 0 radical (unpaired) electrons. The topological polar surface area (TPSA) is 54.3 Å². The Kier molecular flexibility index (Phi) is 3.66. The monoisotopic (exact) mass is 297 g/mol. The Hall–Kier alpha value is -2.11. The van der Waals surface area contributed by atoms with E-state index in [-0.39, 0.29) is 0 Å². The molecule has 3 aromatic heterocycles. The van der Waals surface area contributed by atoms with Crippen LogP contribution in [0.4, 0.5) is 0 Å². The van der Waals surface area contributed by atoms with E-state index in [4.69, 9.17) is 9.15 Å². The van der Waals surface area contributed by atoms with Gasteiger partial charge in [-0.15, -0.1) is 0 Å². The van der Waals surface area contributed by atoms with Crippen molar-refractivity contribution in [1.29, 1.82) is 0 Å². The van der Waals surface area contributed by atoms with Crippen LogP contribution in [0.5, 0.6) is 0 Å². The molecule has 1 saturated heterocycles. The van der Waals surface area contributed by atoms with Crippen LogP contribution in [-0.4, -0.2) is 41.2 Å². The summed E-state index contributed by atoms with van der Waals surface area (Å²) in [4.78, 5) is 10.3. The standard InChI is InChI=1S/C17H19N3O2/c1-4-13-14(12-20-7-3-9-21-11-8-20)16(15-5-2-10-22-15)19-17(13)18-6-1/h1-2,4-6,10H,3,7-9,11-12H2,(H,18,19). The number of pyridine rings is 1. The van der Waals surface area contributed by atoms with E-state index in [2.05, 4.69) is 20.9 Å². The van der Waals surface area contributed by atoms with E-state index in [1.54, 1.807) is 6.26 Å². The second-order valence-electron chi connectivity index (χ2n) is 5.60. The van der Waals surface area contributed by atoms with Crippen LogP contribution in [0.25, 0.3) is 22.5 Å². The molecule has 4 heterocycles. The number of hydrogen-bond acceptors (Lipinski definition) is 4. The number of aromatic nitrogens is 2. The number of nitrogens with one attached hydrogen (secondary N) is 1. The van der Waals surface area contributed by atoms with E-state index in [1.807, 2.05) is 24.4 Å². The van der Waals surface area contributed by atoms with Crippen LogP contribution in [0.1, 0.15) is 12.0 Å². The second kappa shape index (κ2) is 5.94. The van der Waals surface area contributed by atoms with Crippen LogP contribution in [0.3, 0.4) is 0 Å². The average molecular weight is 297 g/mol. The molecule has 0 atom stereocenters. The molecule has 0 unspecified atom stereocenters. The van der Waals surface area contributed by atoms with Gasteiger partial charge in [0.2, 0.25) is 0 Å².